The van der Waals surface area contributed by atoms with Crippen LogP contribution in [0, 0.1) is 11.8 Å². The van der Waals surface area contributed by atoms with E-state index < -0.39 is 0 Å². The molecule has 0 bridgehead atoms. The second-order valence-corrected chi connectivity index (χ2v) is 6.52. The molecule has 1 aliphatic rings. The third-order valence-electron chi connectivity index (χ3n) is 3.91. The monoisotopic (exact) mass is 239 g/mol. The van der Waals surface area contributed by atoms with Crippen molar-refractivity contribution >= 4 is 5.78 Å². The van der Waals surface area contributed by atoms with Crippen molar-refractivity contribution in [3.05, 3.63) is 0 Å². The van der Waals surface area contributed by atoms with Crippen LogP contribution < -0.4 is 5.32 Å². The Kier molecular flexibility index (Phi) is 5.64. The van der Waals surface area contributed by atoms with Crippen molar-refractivity contribution in [3.63, 3.8) is 0 Å². The van der Waals surface area contributed by atoms with E-state index >= 15 is 0 Å². The van der Waals surface area contributed by atoms with E-state index in [2.05, 4.69) is 33.0 Å². The summed E-state index contributed by atoms with van der Waals surface area (Å²) < 4.78 is 0. The molecular formula is C15H29NO. The Labute approximate surface area is 107 Å². The summed E-state index contributed by atoms with van der Waals surface area (Å²) in [6.45, 7) is 9.52. The molecule has 0 unspecified atom stereocenters. The summed E-state index contributed by atoms with van der Waals surface area (Å²) in [6.07, 6.45) is 6.78. The summed E-state index contributed by atoms with van der Waals surface area (Å²) in [5.74, 6) is 1.72. The smallest absolute Gasteiger partial charge is 0.137 e. The number of Topliss-reactive ketones (excluding diaryl/α,β-unsaturated/α-hetero) is 1. The fraction of sp³-hybridized carbons (Fsp3) is 0.933. The van der Waals surface area contributed by atoms with Crippen molar-refractivity contribution in [2.75, 3.05) is 6.54 Å². The molecule has 100 valence electrons. The Morgan fingerprint density at radius 1 is 1.18 bits per heavy atom. The lowest BCUT2D eigenvalue weighted by Crippen LogP contribution is -2.37. The van der Waals surface area contributed by atoms with Gasteiger partial charge in [0.25, 0.3) is 0 Å². The molecule has 1 N–H and O–H groups in total. The highest BCUT2D eigenvalue weighted by molar-refractivity contribution is 5.81. The number of carbonyl (C=O) groups is 1. The second-order valence-electron chi connectivity index (χ2n) is 6.52. The van der Waals surface area contributed by atoms with Crippen LogP contribution >= 0.6 is 0 Å². The number of hydrogen-bond acceptors (Lipinski definition) is 2. The fourth-order valence-electron chi connectivity index (χ4n) is 2.66. The Morgan fingerprint density at radius 2 is 1.76 bits per heavy atom. The van der Waals surface area contributed by atoms with Crippen LogP contribution in [0.5, 0.6) is 0 Å². The average molecular weight is 239 g/mol. The highest BCUT2D eigenvalue weighted by Crippen LogP contribution is 2.31. The first kappa shape index (κ1) is 14.7. The zero-order valence-electron chi connectivity index (χ0n) is 12.0. The van der Waals surface area contributed by atoms with E-state index in [-0.39, 0.29) is 5.54 Å². The minimum atomic E-state index is 0.125. The molecule has 0 aromatic rings. The van der Waals surface area contributed by atoms with Gasteiger partial charge in [-0.1, -0.05) is 13.3 Å². The molecule has 1 rings (SSSR count). The van der Waals surface area contributed by atoms with E-state index in [0.29, 0.717) is 18.1 Å². The van der Waals surface area contributed by atoms with Gasteiger partial charge in [0, 0.05) is 24.4 Å². The van der Waals surface area contributed by atoms with E-state index in [1.54, 1.807) is 0 Å². The average Bonchev–Trinajstić information content (AvgIpc) is 2.27. The van der Waals surface area contributed by atoms with Crippen molar-refractivity contribution < 1.29 is 4.79 Å². The van der Waals surface area contributed by atoms with Gasteiger partial charge < -0.3 is 5.32 Å². The molecule has 0 aromatic carbocycles. The molecular weight excluding hydrogens is 210 g/mol. The van der Waals surface area contributed by atoms with Crippen LogP contribution in [0.2, 0.25) is 0 Å². The molecule has 0 saturated heterocycles. The van der Waals surface area contributed by atoms with E-state index in [9.17, 15) is 4.79 Å². The molecule has 1 fully saturated rings. The minimum Gasteiger partial charge on any atom is -0.312 e. The molecule has 17 heavy (non-hydrogen) atoms. The van der Waals surface area contributed by atoms with Crippen LogP contribution in [0.4, 0.5) is 0 Å². The molecule has 0 atom stereocenters. The second kappa shape index (κ2) is 6.53. The third kappa shape index (κ3) is 5.67. The summed E-state index contributed by atoms with van der Waals surface area (Å²) >= 11 is 0. The van der Waals surface area contributed by atoms with E-state index in [1.807, 2.05) is 0 Å². The molecule has 0 aromatic heterocycles. The predicted octanol–water partition coefficient (Wildman–Crippen LogP) is 3.55. The van der Waals surface area contributed by atoms with E-state index in [0.717, 1.165) is 25.3 Å². The number of nitrogens with one attached hydrogen (secondary N) is 1. The van der Waals surface area contributed by atoms with Crippen molar-refractivity contribution in [1.82, 2.24) is 5.32 Å². The van der Waals surface area contributed by atoms with Crippen molar-refractivity contribution in [2.24, 2.45) is 11.8 Å². The van der Waals surface area contributed by atoms with Crippen LogP contribution in [-0.2, 0) is 4.79 Å². The number of carbonyl (C=O) groups excluding carboxylic acids is 1. The lowest BCUT2D eigenvalue weighted by atomic mass is 9.78. The van der Waals surface area contributed by atoms with Crippen molar-refractivity contribution in [2.45, 2.75) is 71.8 Å². The van der Waals surface area contributed by atoms with Gasteiger partial charge in [-0.15, -0.1) is 0 Å². The summed E-state index contributed by atoms with van der Waals surface area (Å²) in [4.78, 5) is 12.0. The quantitative estimate of drug-likeness (QED) is 0.795. The van der Waals surface area contributed by atoms with Crippen LogP contribution in [0.15, 0.2) is 0 Å². The first-order chi connectivity index (χ1) is 7.92. The van der Waals surface area contributed by atoms with Gasteiger partial charge in [-0.05, 0) is 52.4 Å². The largest absolute Gasteiger partial charge is 0.312 e. The van der Waals surface area contributed by atoms with Crippen LogP contribution in [-0.4, -0.2) is 17.9 Å². The maximum Gasteiger partial charge on any atom is 0.137 e. The lowest BCUT2D eigenvalue weighted by Gasteiger charge is -2.27. The number of rotatable bonds is 5. The third-order valence-corrected chi connectivity index (χ3v) is 3.91. The van der Waals surface area contributed by atoms with Gasteiger partial charge >= 0.3 is 0 Å². The molecule has 0 amide bonds. The zero-order valence-corrected chi connectivity index (χ0v) is 12.0. The SMILES string of the molecule is CCC1CCC(C(=O)CCNC(C)(C)C)CC1. The molecule has 2 nitrogen and oxygen atoms in total. The Morgan fingerprint density at radius 3 is 2.24 bits per heavy atom. The normalized spacial score (nSPS) is 25.9. The zero-order chi connectivity index (χ0) is 12.9. The van der Waals surface area contributed by atoms with Gasteiger partial charge in [-0.3, -0.25) is 4.79 Å². The number of hydrogen-bond donors (Lipinski definition) is 1. The van der Waals surface area contributed by atoms with Crippen LogP contribution in [0.3, 0.4) is 0 Å². The molecule has 1 aliphatic carbocycles. The van der Waals surface area contributed by atoms with E-state index in [1.165, 1.54) is 19.3 Å². The Balaban J connectivity index is 2.21. The summed E-state index contributed by atoms with van der Waals surface area (Å²) in [5.41, 5.74) is 0.125. The van der Waals surface area contributed by atoms with Crippen LogP contribution in [0.25, 0.3) is 0 Å². The first-order valence-corrected chi connectivity index (χ1v) is 7.20. The topological polar surface area (TPSA) is 29.1 Å². The fourth-order valence-corrected chi connectivity index (χ4v) is 2.66. The summed E-state index contributed by atoms with van der Waals surface area (Å²) in [6, 6.07) is 0. The Bertz CT molecular complexity index is 234. The molecule has 1 saturated carbocycles. The minimum absolute atomic E-state index is 0.125. The first-order valence-electron chi connectivity index (χ1n) is 7.20. The number of ketones is 1. The van der Waals surface area contributed by atoms with Gasteiger partial charge in [0.2, 0.25) is 0 Å². The van der Waals surface area contributed by atoms with Gasteiger partial charge in [0.15, 0.2) is 0 Å². The van der Waals surface area contributed by atoms with Gasteiger partial charge in [0.1, 0.15) is 5.78 Å². The maximum absolute atomic E-state index is 12.0. The standard InChI is InChI=1S/C15H29NO/c1-5-12-6-8-13(9-7-12)14(17)10-11-16-15(2,3)4/h12-13,16H,5-11H2,1-4H3. The van der Waals surface area contributed by atoms with Crippen molar-refractivity contribution in [1.29, 1.82) is 0 Å². The molecule has 0 spiro atoms. The molecule has 0 aliphatic heterocycles. The molecule has 2 heteroatoms. The van der Waals surface area contributed by atoms with E-state index in [4.69, 9.17) is 0 Å². The lowest BCUT2D eigenvalue weighted by molar-refractivity contribution is -0.124. The van der Waals surface area contributed by atoms with Gasteiger partial charge in [-0.2, -0.15) is 0 Å². The van der Waals surface area contributed by atoms with Gasteiger partial charge in [0.05, 0.1) is 0 Å². The van der Waals surface area contributed by atoms with Crippen LogP contribution in [0.1, 0.15) is 66.2 Å². The molecule has 0 radical (unpaired) electrons. The summed E-state index contributed by atoms with van der Waals surface area (Å²) in [7, 11) is 0. The Hall–Kier alpha value is -0.370. The maximum atomic E-state index is 12.0. The highest BCUT2D eigenvalue weighted by Gasteiger charge is 2.25. The van der Waals surface area contributed by atoms with Gasteiger partial charge in [-0.25, -0.2) is 0 Å². The van der Waals surface area contributed by atoms with Crippen molar-refractivity contribution in [3.8, 4) is 0 Å². The summed E-state index contributed by atoms with van der Waals surface area (Å²) in [5, 5.41) is 3.39. The molecule has 0 heterocycles. The highest BCUT2D eigenvalue weighted by atomic mass is 16.1. The predicted molar refractivity (Wildman–Crippen MR) is 73.1 cm³/mol.